The maximum Gasteiger partial charge on any atom is 0.273 e. The summed E-state index contributed by atoms with van der Waals surface area (Å²) in [5, 5.41) is 22.9. The van der Waals surface area contributed by atoms with E-state index < -0.39 is 23.8 Å². The number of anilines is 1. The Morgan fingerprint density at radius 1 is 1.15 bits per heavy atom. The smallest absolute Gasteiger partial charge is 0.273 e. The number of rotatable bonds is 5. The standard InChI is InChI=1S/C19H16N2O6/c22-9-12-8-13(23)18(24)19(27-12)17(21-16-3-1-2-6-20-16)11-4-5-14-15(7-11)26-10-25-14/h1-8,17,22,24H,9-10H2,(H,20,21)/p+1. The average Bonchev–Trinajstić information content (AvgIpc) is 3.17. The molecule has 0 bridgehead atoms. The molecule has 0 spiro atoms. The molecule has 3 heterocycles. The third-order valence-corrected chi connectivity index (χ3v) is 4.16. The minimum absolute atomic E-state index is 0.0114. The number of aliphatic hydroxyl groups excluding tert-OH is 1. The third kappa shape index (κ3) is 3.30. The number of nitrogens with one attached hydrogen (secondary N) is 2. The van der Waals surface area contributed by atoms with Gasteiger partial charge in [-0.15, -0.1) is 0 Å². The minimum Gasteiger partial charge on any atom is -0.502 e. The lowest BCUT2D eigenvalue weighted by molar-refractivity contribution is -0.361. The summed E-state index contributed by atoms with van der Waals surface area (Å²) in [6.45, 7) is -0.336. The van der Waals surface area contributed by atoms with Crippen molar-refractivity contribution in [1.29, 1.82) is 0 Å². The number of fused-ring (bicyclic) bond motifs is 1. The van der Waals surface area contributed by atoms with Crippen LogP contribution in [0.2, 0.25) is 0 Å². The number of hydrogen-bond acceptors (Lipinski definition) is 7. The molecule has 1 atom stereocenters. The van der Waals surface area contributed by atoms with Gasteiger partial charge in [-0.3, -0.25) is 10.1 Å². The van der Waals surface area contributed by atoms with Gasteiger partial charge >= 0.3 is 0 Å². The van der Waals surface area contributed by atoms with E-state index in [0.29, 0.717) is 22.9 Å². The highest BCUT2D eigenvalue weighted by molar-refractivity contribution is 5.50. The minimum atomic E-state index is -0.725. The van der Waals surface area contributed by atoms with Gasteiger partial charge in [-0.2, -0.15) is 0 Å². The molecule has 138 valence electrons. The Morgan fingerprint density at radius 2 is 2.00 bits per heavy atom. The summed E-state index contributed by atoms with van der Waals surface area (Å²) in [7, 11) is 0. The highest BCUT2D eigenvalue weighted by atomic mass is 16.7. The third-order valence-electron chi connectivity index (χ3n) is 4.16. The Labute approximate surface area is 153 Å². The van der Waals surface area contributed by atoms with Gasteiger partial charge in [0.2, 0.25) is 18.0 Å². The lowest BCUT2D eigenvalue weighted by Crippen LogP contribution is -2.20. The molecule has 1 aromatic carbocycles. The summed E-state index contributed by atoms with van der Waals surface area (Å²) in [5.41, 5.74) is 0.0370. The number of H-pyrrole nitrogens is 1. The second kappa shape index (κ2) is 7.00. The van der Waals surface area contributed by atoms with Gasteiger partial charge in [-0.25, -0.2) is 4.98 Å². The van der Waals surface area contributed by atoms with Crippen LogP contribution in [0.4, 0.5) is 5.82 Å². The molecule has 0 saturated carbocycles. The molecule has 8 nitrogen and oxygen atoms in total. The Balaban J connectivity index is 1.84. The van der Waals surface area contributed by atoms with Gasteiger partial charge in [0.25, 0.3) is 5.82 Å². The molecule has 0 amide bonds. The second-order valence-electron chi connectivity index (χ2n) is 5.91. The largest absolute Gasteiger partial charge is 0.502 e. The molecule has 4 rings (SSSR count). The molecule has 8 heteroatoms. The summed E-state index contributed by atoms with van der Waals surface area (Å²) < 4.78 is 16.4. The van der Waals surface area contributed by atoms with Crippen molar-refractivity contribution in [3.8, 4) is 17.2 Å². The molecule has 4 N–H and O–H groups in total. The van der Waals surface area contributed by atoms with Crippen LogP contribution in [0.5, 0.6) is 17.2 Å². The summed E-state index contributed by atoms with van der Waals surface area (Å²) in [4.78, 5) is 15.1. The summed E-state index contributed by atoms with van der Waals surface area (Å²) >= 11 is 0. The zero-order valence-corrected chi connectivity index (χ0v) is 14.1. The Bertz CT molecular complexity index is 1020. The highest BCUT2D eigenvalue weighted by Gasteiger charge is 2.29. The van der Waals surface area contributed by atoms with Crippen LogP contribution in [0, 0.1) is 0 Å². The fraction of sp³-hybridized carbons (Fsp3) is 0.158. The fourth-order valence-corrected chi connectivity index (χ4v) is 2.86. The van der Waals surface area contributed by atoms with Crippen LogP contribution in [0.15, 0.2) is 57.9 Å². The molecule has 1 unspecified atom stereocenters. The van der Waals surface area contributed by atoms with Crippen molar-refractivity contribution in [3.05, 3.63) is 76.0 Å². The maximum absolute atomic E-state index is 12.1. The molecule has 0 aliphatic carbocycles. The molecule has 27 heavy (non-hydrogen) atoms. The number of aliphatic hydroxyl groups is 1. The second-order valence-corrected chi connectivity index (χ2v) is 5.91. The van der Waals surface area contributed by atoms with Crippen LogP contribution in [0.3, 0.4) is 0 Å². The van der Waals surface area contributed by atoms with Gasteiger partial charge in [0, 0.05) is 17.7 Å². The van der Waals surface area contributed by atoms with E-state index in [4.69, 9.17) is 13.9 Å². The maximum atomic E-state index is 12.1. The van der Waals surface area contributed by atoms with Gasteiger partial charge in [0.1, 0.15) is 12.4 Å². The Hall–Kier alpha value is -3.52. The molecule has 3 aromatic rings. The first-order chi connectivity index (χ1) is 13.2. The molecule has 1 aliphatic heterocycles. The summed E-state index contributed by atoms with van der Waals surface area (Å²) in [5.74, 6) is 1.31. The van der Waals surface area contributed by atoms with E-state index in [-0.39, 0.29) is 18.3 Å². The normalized spacial score (nSPS) is 13.4. The van der Waals surface area contributed by atoms with Crippen molar-refractivity contribution in [3.63, 3.8) is 0 Å². The number of pyridine rings is 1. The molecular weight excluding hydrogens is 352 g/mol. The topological polar surface area (TPSA) is 115 Å². The van der Waals surface area contributed by atoms with E-state index in [9.17, 15) is 15.0 Å². The summed E-state index contributed by atoms with van der Waals surface area (Å²) in [6.07, 6.45) is 1.74. The zero-order valence-electron chi connectivity index (χ0n) is 14.1. The van der Waals surface area contributed by atoms with Crippen LogP contribution in [0.25, 0.3) is 0 Å². The lowest BCUT2D eigenvalue weighted by atomic mass is 10.0. The van der Waals surface area contributed by atoms with Crippen molar-refractivity contribution in [2.45, 2.75) is 12.6 Å². The quantitative estimate of drug-likeness (QED) is 0.625. The van der Waals surface area contributed by atoms with E-state index >= 15 is 0 Å². The van der Waals surface area contributed by atoms with Gasteiger partial charge in [0.05, 0.1) is 6.20 Å². The van der Waals surface area contributed by atoms with Crippen LogP contribution in [-0.2, 0) is 6.61 Å². The number of aromatic amines is 1. The molecular formula is C19H17N2O6+. The summed E-state index contributed by atoms with van der Waals surface area (Å²) in [6, 6.07) is 11.0. The van der Waals surface area contributed by atoms with Crippen LogP contribution < -0.4 is 25.2 Å². The Kier molecular flexibility index (Phi) is 4.39. The fourth-order valence-electron chi connectivity index (χ4n) is 2.86. The Morgan fingerprint density at radius 3 is 2.78 bits per heavy atom. The molecule has 0 radical (unpaired) electrons. The van der Waals surface area contributed by atoms with Crippen LogP contribution >= 0.6 is 0 Å². The monoisotopic (exact) mass is 369 g/mol. The van der Waals surface area contributed by atoms with Crippen molar-refractivity contribution in [2.24, 2.45) is 0 Å². The first kappa shape index (κ1) is 16.9. The lowest BCUT2D eigenvalue weighted by Gasteiger charge is -2.16. The number of benzene rings is 1. The number of aromatic hydroxyl groups is 1. The van der Waals surface area contributed by atoms with Gasteiger partial charge in [-0.1, -0.05) is 12.1 Å². The predicted molar refractivity (Wildman–Crippen MR) is 93.6 cm³/mol. The van der Waals surface area contributed by atoms with Crippen LogP contribution in [-0.4, -0.2) is 17.0 Å². The number of aromatic nitrogens is 1. The number of hydrogen-bond donors (Lipinski definition) is 3. The predicted octanol–water partition coefficient (Wildman–Crippen LogP) is 1.58. The molecule has 2 aromatic heterocycles. The van der Waals surface area contributed by atoms with E-state index in [1.54, 1.807) is 30.5 Å². The first-order valence-electron chi connectivity index (χ1n) is 8.25. The van der Waals surface area contributed by atoms with Crippen molar-refractivity contribution in [1.82, 2.24) is 0 Å². The first-order valence-corrected chi connectivity index (χ1v) is 8.25. The van der Waals surface area contributed by atoms with Gasteiger partial charge < -0.3 is 24.1 Å². The van der Waals surface area contributed by atoms with Crippen LogP contribution in [0.1, 0.15) is 23.1 Å². The van der Waals surface area contributed by atoms with E-state index in [1.807, 2.05) is 12.1 Å². The average molecular weight is 369 g/mol. The SMILES string of the molecule is O=c1cc(CO)oc(C(Nc2cccc[nH+]2)c2ccc3c(c2)OCO3)c1O. The van der Waals surface area contributed by atoms with E-state index in [0.717, 1.165) is 6.07 Å². The molecule has 0 saturated heterocycles. The van der Waals surface area contributed by atoms with Crippen molar-refractivity contribution < 1.29 is 29.1 Å². The molecule has 0 fully saturated rings. The van der Waals surface area contributed by atoms with E-state index in [1.165, 1.54) is 0 Å². The highest BCUT2D eigenvalue weighted by Crippen LogP contribution is 2.38. The van der Waals surface area contributed by atoms with E-state index in [2.05, 4.69) is 10.3 Å². The van der Waals surface area contributed by atoms with Gasteiger partial charge in [0.15, 0.2) is 23.3 Å². The zero-order chi connectivity index (χ0) is 18.8. The number of ether oxygens (including phenoxy) is 2. The van der Waals surface area contributed by atoms with Crippen molar-refractivity contribution in [2.75, 3.05) is 12.1 Å². The molecule has 1 aliphatic rings. The van der Waals surface area contributed by atoms with Gasteiger partial charge in [-0.05, 0) is 18.2 Å². The van der Waals surface area contributed by atoms with Crippen molar-refractivity contribution >= 4 is 5.82 Å².